The highest BCUT2D eigenvalue weighted by Crippen LogP contribution is 2.37. The van der Waals surface area contributed by atoms with Crippen LogP contribution in [0.4, 0.5) is 5.69 Å². The zero-order valence-corrected chi connectivity index (χ0v) is 17.1. The molecule has 0 amide bonds. The van der Waals surface area contributed by atoms with Crippen LogP contribution < -0.4 is 14.2 Å². The molecule has 0 radical (unpaired) electrons. The van der Waals surface area contributed by atoms with Gasteiger partial charge in [-0.05, 0) is 43.1 Å². The summed E-state index contributed by atoms with van der Waals surface area (Å²) in [6, 6.07) is 11.4. The molecule has 0 saturated carbocycles. The number of hydrogen-bond acceptors (Lipinski definition) is 7. The van der Waals surface area contributed by atoms with Crippen molar-refractivity contribution < 1.29 is 22.8 Å². The van der Waals surface area contributed by atoms with E-state index in [2.05, 4.69) is 9.62 Å². The predicted octanol–water partition coefficient (Wildman–Crippen LogP) is 2.48. The monoisotopic (exact) mass is 433 g/mol. The predicted molar refractivity (Wildman–Crippen MR) is 109 cm³/mol. The molecule has 1 atom stereocenters. The molecule has 2 aliphatic rings. The summed E-state index contributed by atoms with van der Waals surface area (Å²) < 4.78 is 38.9. The first-order chi connectivity index (χ1) is 14.5. The molecule has 0 bridgehead atoms. The number of para-hydroxylation sites is 1. The van der Waals surface area contributed by atoms with Gasteiger partial charge in [0.25, 0.3) is 5.69 Å². The lowest BCUT2D eigenvalue weighted by molar-refractivity contribution is -0.387. The van der Waals surface area contributed by atoms with Gasteiger partial charge in [-0.1, -0.05) is 18.2 Å². The minimum Gasteiger partial charge on any atom is -0.486 e. The lowest BCUT2D eigenvalue weighted by Crippen LogP contribution is -2.35. The van der Waals surface area contributed by atoms with E-state index in [1.54, 1.807) is 0 Å². The maximum atomic E-state index is 12.6. The van der Waals surface area contributed by atoms with Gasteiger partial charge in [-0.25, -0.2) is 13.1 Å². The van der Waals surface area contributed by atoms with Crippen LogP contribution in [-0.4, -0.2) is 51.1 Å². The first-order valence-electron chi connectivity index (χ1n) is 9.82. The van der Waals surface area contributed by atoms with E-state index in [1.807, 2.05) is 18.2 Å². The Morgan fingerprint density at radius 3 is 2.70 bits per heavy atom. The van der Waals surface area contributed by atoms with Crippen LogP contribution in [0, 0.1) is 10.1 Å². The number of likely N-dealkylation sites (tertiary alicyclic amines) is 1. The molecule has 1 saturated heterocycles. The first kappa shape index (κ1) is 20.6. The van der Waals surface area contributed by atoms with Crippen LogP contribution >= 0.6 is 0 Å². The maximum absolute atomic E-state index is 12.6. The van der Waals surface area contributed by atoms with Gasteiger partial charge >= 0.3 is 0 Å². The van der Waals surface area contributed by atoms with Crippen molar-refractivity contribution in [2.45, 2.75) is 23.8 Å². The third kappa shape index (κ3) is 4.25. The Kier molecular flexibility index (Phi) is 5.89. The second kappa shape index (κ2) is 8.58. The fraction of sp³-hybridized carbons (Fsp3) is 0.400. The molecule has 0 aromatic heterocycles. The standard InChI is InChI=1S/C20H23N3O6S/c24-23(25)17-4-1-2-6-20(17)30(26,27)21-9-11-22-10-3-5-16(22)15-7-8-18-19(14-15)29-13-12-28-18/h1-2,4,6-8,14,16,21H,3,5,9-13H2. The molecule has 0 aliphatic carbocycles. The summed E-state index contributed by atoms with van der Waals surface area (Å²) in [5, 5.41) is 11.1. The van der Waals surface area contributed by atoms with Gasteiger partial charge in [0.1, 0.15) is 13.2 Å². The molecule has 1 unspecified atom stereocenters. The Morgan fingerprint density at radius 2 is 1.90 bits per heavy atom. The fourth-order valence-corrected chi connectivity index (χ4v) is 5.17. The molecule has 1 fully saturated rings. The summed E-state index contributed by atoms with van der Waals surface area (Å²) in [5.74, 6) is 1.48. The van der Waals surface area contributed by atoms with Crippen molar-refractivity contribution in [3.63, 3.8) is 0 Å². The van der Waals surface area contributed by atoms with Crippen LogP contribution in [0.25, 0.3) is 0 Å². The van der Waals surface area contributed by atoms with E-state index in [0.717, 1.165) is 36.4 Å². The van der Waals surface area contributed by atoms with Crippen molar-refractivity contribution in [1.29, 1.82) is 0 Å². The van der Waals surface area contributed by atoms with Crippen molar-refractivity contribution in [2.75, 3.05) is 32.8 Å². The number of fused-ring (bicyclic) bond motifs is 1. The number of nitro groups is 1. The molecule has 9 nitrogen and oxygen atoms in total. The third-order valence-electron chi connectivity index (χ3n) is 5.36. The second-order valence-corrected chi connectivity index (χ2v) is 8.96. The Morgan fingerprint density at radius 1 is 1.13 bits per heavy atom. The summed E-state index contributed by atoms with van der Waals surface area (Å²) in [5.41, 5.74) is 0.679. The molecule has 2 aliphatic heterocycles. The lowest BCUT2D eigenvalue weighted by Gasteiger charge is -2.26. The molecule has 4 rings (SSSR count). The SMILES string of the molecule is O=[N+]([O-])c1ccccc1S(=O)(=O)NCCN1CCCC1c1ccc2c(c1)OCCO2. The first-order valence-corrected chi connectivity index (χ1v) is 11.3. The van der Waals surface area contributed by atoms with Gasteiger partial charge in [-0.15, -0.1) is 0 Å². The third-order valence-corrected chi connectivity index (χ3v) is 6.87. The molecule has 2 aromatic carbocycles. The minimum atomic E-state index is -3.98. The lowest BCUT2D eigenvalue weighted by atomic mass is 10.0. The van der Waals surface area contributed by atoms with Gasteiger partial charge in [0.15, 0.2) is 16.4 Å². The number of nitrogens with zero attached hydrogens (tertiary/aromatic N) is 2. The Bertz CT molecular complexity index is 1040. The smallest absolute Gasteiger partial charge is 0.289 e. The quantitative estimate of drug-likeness (QED) is 0.527. The fourth-order valence-electron chi connectivity index (χ4n) is 3.98. The van der Waals surface area contributed by atoms with Crippen molar-refractivity contribution in [2.24, 2.45) is 0 Å². The van der Waals surface area contributed by atoms with Gasteiger partial charge in [0.2, 0.25) is 10.0 Å². The average Bonchev–Trinajstić information content (AvgIpc) is 3.22. The van der Waals surface area contributed by atoms with E-state index in [-0.39, 0.29) is 17.5 Å². The van der Waals surface area contributed by atoms with Crippen LogP contribution in [-0.2, 0) is 10.0 Å². The van der Waals surface area contributed by atoms with E-state index in [1.165, 1.54) is 24.3 Å². The average molecular weight is 433 g/mol. The zero-order chi connectivity index (χ0) is 21.1. The van der Waals surface area contributed by atoms with Crippen molar-refractivity contribution >= 4 is 15.7 Å². The number of ether oxygens (including phenoxy) is 2. The normalized spacial score (nSPS) is 19.0. The largest absolute Gasteiger partial charge is 0.486 e. The number of sulfonamides is 1. The second-order valence-electron chi connectivity index (χ2n) is 7.22. The molecule has 2 aromatic rings. The van der Waals surface area contributed by atoms with E-state index >= 15 is 0 Å². The number of rotatable bonds is 7. The molecule has 2 heterocycles. The highest BCUT2D eigenvalue weighted by Gasteiger charge is 2.29. The Hall–Kier alpha value is -2.69. The van der Waals surface area contributed by atoms with Crippen LogP contribution in [0.3, 0.4) is 0 Å². The van der Waals surface area contributed by atoms with Crippen molar-refractivity contribution in [1.82, 2.24) is 9.62 Å². The van der Waals surface area contributed by atoms with Gasteiger partial charge < -0.3 is 9.47 Å². The molecule has 1 N–H and O–H groups in total. The maximum Gasteiger partial charge on any atom is 0.289 e. The zero-order valence-electron chi connectivity index (χ0n) is 16.3. The van der Waals surface area contributed by atoms with E-state index < -0.39 is 20.6 Å². The van der Waals surface area contributed by atoms with E-state index in [9.17, 15) is 18.5 Å². The van der Waals surface area contributed by atoms with Crippen molar-refractivity contribution in [3.05, 3.63) is 58.1 Å². The molecule has 0 spiro atoms. The van der Waals surface area contributed by atoms with Crippen LogP contribution in [0.5, 0.6) is 11.5 Å². The summed E-state index contributed by atoms with van der Waals surface area (Å²) in [6.45, 7) is 2.58. The number of benzene rings is 2. The highest BCUT2D eigenvalue weighted by atomic mass is 32.2. The van der Waals surface area contributed by atoms with Gasteiger partial charge in [-0.2, -0.15) is 0 Å². The number of hydrogen-bond donors (Lipinski definition) is 1. The van der Waals surface area contributed by atoms with Crippen LogP contribution in [0.15, 0.2) is 47.4 Å². The van der Waals surface area contributed by atoms with Gasteiger partial charge in [0, 0.05) is 25.2 Å². The molecule has 10 heteroatoms. The molecule has 30 heavy (non-hydrogen) atoms. The van der Waals surface area contributed by atoms with E-state index in [0.29, 0.717) is 19.8 Å². The summed E-state index contributed by atoms with van der Waals surface area (Å²) in [7, 11) is -3.98. The topological polar surface area (TPSA) is 111 Å². The highest BCUT2D eigenvalue weighted by molar-refractivity contribution is 7.89. The molecular weight excluding hydrogens is 410 g/mol. The van der Waals surface area contributed by atoms with E-state index in [4.69, 9.17) is 9.47 Å². The summed E-state index contributed by atoms with van der Waals surface area (Å²) in [6.07, 6.45) is 1.98. The van der Waals surface area contributed by atoms with Gasteiger partial charge in [-0.3, -0.25) is 15.0 Å². The van der Waals surface area contributed by atoms with Crippen molar-refractivity contribution in [3.8, 4) is 11.5 Å². The molecule has 160 valence electrons. The summed E-state index contributed by atoms with van der Waals surface area (Å²) >= 11 is 0. The van der Waals surface area contributed by atoms with Crippen LogP contribution in [0.1, 0.15) is 24.4 Å². The van der Waals surface area contributed by atoms with Crippen LogP contribution in [0.2, 0.25) is 0 Å². The molecular formula is C20H23N3O6S. The number of nitrogens with one attached hydrogen (secondary N) is 1. The minimum absolute atomic E-state index is 0.162. The Balaban J connectivity index is 1.42. The Labute approximate surface area is 174 Å². The summed E-state index contributed by atoms with van der Waals surface area (Å²) in [4.78, 5) is 12.3. The number of nitro benzene ring substituents is 1. The van der Waals surface area contributed by atoms with Gasteiger partial charge in [0.05, 0.1) is 4.92 Å².